The molecule has 2 amide bonds. The summed E-state index contributed by atoms with van der Waals surface area (Å²) in [4.78, 5) is 42.5. The van der Waals surface area contributed by atoms with Crippen molar-refractivity contribution in [2.75, 3.05) is 26.3 Å². The van der Waals surface area contributed by atoms with Gasteiger partial charge in [0.15, 0.2) is 0 Å². The molecule has 1 saturated heterocycles. The molecule has 1 fully saturated rings. The second-order valence-electron chi connectivity index (χ2n) is 12.0. The molecule has 1 atom stereocenters. The monoisotopic (exact) mass is 588 g/mol. The average molecular weight is 589 g/mol. The van der Waals surface area contributed by atoms with E-state index in [0.717, 1.165) is 35.1 Å². The molecule has 1 unspecified atom stereocenters. The smallest absolute Gasteiger partial charge is 0.410 e. The first kappa shape index (κ1) is 30.2. The number of furan rings is 1. The summed E-state index contributed by atoms with van der Waals surface area (Å²) in [5.41, 5.74) is 3.91. The maximum atomic E-state index is 13.9. The zero-order chi connectivity index (χ0) is 30.6. The lowest BCUT2D eigenvalue weighted by Crippen LogP contribution is -2.48. The van der Waals surface area contributed by atoms with Crippen LogP contribution in [0.2, 0.25) is 0 Å². The van der Waals surface area contributed by atoms with Crippen LogP contribution in [0.15, 0.2) is 65.1 Å². The maximum Gasteiger partial charge on any atom is 0.410 e. The molecule has 5 rings (SSSR count). The first-order chi connectivity index (χ1) is 20.6. The molecule has 43 heavy (non-hydrogen) atoms. The zero-order valence-electron chi connectivity index (χ0n) is 25.3. The summed E-state index contributed by atoms with van der Waals surface area (Å²) in [6, 6.07) is 19.2. The SMILES string of the molecule is CCOC(=O)c1ccc(CN(C(=O)OCC2c3ccccc3-c3ccccc32)C2CCCCN(C(=O)OC(C)(C)C)C2)o1. The Hall–Kier alpha value is -4.27. The quantitative estimate of drug-likeness (QED) is 0.217. The molecule has 228 valence electrons. The lowest BCUT2D eigenvalue weighted by atomic mass is 9.98. The van der Waals surface area contributed by atoms with Crippen molar-refractivity contribution < 1.29 is 33.0 Å². The van der Waals surface area contributed by atoms with Crippen LogP contribution in [0.3, 0.4) is 0 Å². The highest BCUT2D eigenvalue weighted by Crippen LogP contribution is 2.44. The highest BCUT2D eigenvalue weighted by Gasteiger charge is 2.35. The molecule has 1 aliphatic carbocycles. The Morgan fingerprint density at radius 1 is 0.930 bits per heavy atom. The van der Waals surface area contributed by atoms with E-state index in [2.05, 4.69) is 24.3 Å². The molecule has 0 N–H and O–H groups in total. The Bertz CT molecular complexity index is 1410. The van der Waals surface area contributed by atoms with Gasteiger partial charge in [0.1, 0.15) is 18.0 Å². The number of fused-ring (bicyclic) bond motifs is 3. The summed E-state index contributed by atoms with van der Waals surface area (Å²) in [5, 5.41) is 0. The second-order valence-corrected chi connectivity index (χ2v) is 12.0. The Kier molecular flexibility index (Phi) is 9.08. The molecule has 2 aromatic carbocycles. The van der Waals surface area contributed by atoms with Crippen molar-refractivity contribution in [2.24, 2.45) is 0 Å². The first-order valence-corrected chi connectivity index (χ1v) is 15.0. The van der Waals surface area contributed by atoms with Crippen LogP contribution in [0.5, 0.6) is 0 Å². The van der Waals surface area contributed by atoms with E-state index < -0.39 is 23.8 Å². The molecule has 1 aromatic heterocycles. The van der Waals surface area contributed by atoms with Gasteiger partial charge in [0, 0.05) is 19.0 Å². The van der Waals surface area contributed by atoms with E-state index in [-0.39, 0.29) is 37.5 Å². The van der Waals surface area contributed by atoms with E-state index in [9.17, 15) is 14.4 Å². The van der Waals surface area contributed by atoms with Gasteiger partial charge < -0.3 is 23.5 Å². The average Bonchev–Trinajstić information content (AvgIpc) is 3.48. The van der Waals surface area contributed by atoms with E-state index in [1.807, 2.05) is 45.0 Å². The van der Waals surface area contributed by atoms with Gasteiger partial charge in [-0.1, -0.05) is 48.5 Å². The van der Waals surface area contributed by atoms with E-state index in [1.165, 1.54) is 0 Å². The summed E-state index contributed by atoms with van der Waals surface area (Å²) in [7, 11) is 0. The van der Waals surface area contributed by atoms with Crippen LogP contribution in [0.4, 0.5) is 9.59 Å². The molecule has 0 saturated carbocycles. The molecular formula is C34H40N2O7. The number of hydrogen-bond acceptors (Lipinski definition) is 7. The molecule has 9 heteroatoms. The van der Waals surface area contributed by atoms with Crippen molar-refractivity contribution in [3.8, 4) is 11.1 Å². The van der Waals surface area contributed by atoms with Crippen LogP contribution in [-0.2, 0) is 20.8 Å². The van der Waals surface area contributed by atoms with Crippen LogP contribution in [-0.4, -0.2) is 65.9 Å². The number of rotatable bonds is 7. The molecule has 3 aromatic rings. The fraction of sp³-hybridized carbons (Fsp3) is 0.441. The third-order valence-electron chi connectivity index (χ3n) is 7.77. The number of benzene rings is 2. The number of nitrogens with zero attached hydrogens (tertiary/aromatic N) is 2. The molecule has 0 bridgehead atoms. The number of carbonyl (C=O) groups is 3. The summed E-state index contributed by atoms with van der Waals surface area (Å²) < 4.78 is 22.6. The third-order valence-corrected chi connectivity index (χ3v) is 7.77. The number of amides is 2. The Labute approximate surface area is 252 Å². The number of esters is 1. The fourth-order valence-electron chi connectivity index (χ4n) is 5.83. The van der Waals surface area contributed by atoms with Gasteiger partial charge in [0.2, 0.25) is 5.76 Å². The third kappa shape index (κ3) is 7.04. The fourth-order valence-corrected chi connectivity index (χ4v) is 5.83. The van der Waals surface area contributed by atoms with Crippen LogP contribution >= 0.6 is 0 Å². The van der Waals surface area contributed by atoms with Gasteiger partial charge in [0.25, 0.3) is 0 Å². The van der Waals surface area contributed by atoms with Crippen molar-refractivity contribution >= 4 is 18.2 Å². The first-order valence-electron chi connectivity index (χ1n) is 15.0. The van der Waals surface area contributed by atoms with E-state index in [0.29, 0.717) is 25.3 Å². The minimum atomic E-state index is -0.636. The van der Waals surface area contributed by atoms with Crippen LogP contribution in [0.1, 0.15) is 80.3 Å². The van der Waals surface area contributed by atoms with Crippen molar-refractivity contribution in [1.29, 1.82) is 0 Å². The van der Waals surface area contributed by atoms with Gasteiger partial charge in [-0.2, -0.15) is 0 Å². The number of likely N-dealkylation sites (tertiary alicyclic amines) is 1. The van der Waals surface area contributed by atoms with Gasteiger partial charge >= 0.3 is 18.2 Å². The number of hydrogen-bond donors (Lipinski definition) is 0. The van der Waals surface area contributed by atoms with Gasteiger partial charge in [0.05, 0.1) is 19.2 Å². The normalized spacial score (nSPS) is 16.6. The number of carbonyl (C=O) groups excluding carboxylic acids is 3. The zero-order valence-corrected chi connectivity index (χ0v) is 25.3. The van der Waals surface area contributed by atoms with Crippen molar-refractivity contribution in [3.63, 3.8) is 0 Å². The molecule has 1 aliphatic heterocycles. The van der Waals surface area contributed by atoms with Crippen molar-refractivity contribution in [1.82, 2.24) is 9.80 Å². The standard InChI is InChI=1S/C34H40N2O7/c1-5-40-31(37)30-18-17-24(42-30)21-36(23-12-10-11-19-35(20-23)32(38)43-34(2,3)4)33(39)41-22-29-27-15-8-6-13-25(27)26-14-7-9-16-28(26)29/h6-9,13-18,23,29H,5,10-12,19-22H2,1-4H3. The summed E-state index contributed by atoms with van der Waals surface area (Å²) in [6.45, 7) is 8.53. The highest BCUT2D eigenvalue weighted by molar-refractivity contribution is 5.86. The maximum absolute atomic E-state index is 13.9. The van der Waals surface area contributed by atoms with Crippen molar-refractivity contribution in [3.05, 3.63) is 83.3 Å². The van der Waals surface area contributed by atoms with Gasteiger partial charge in [-0.05, 0) is 81.3 Å². The second kappa shape index (κ2) is 12.9. The Balaban J connectivity index is 1.38. The predicted molar refractivity (Wildman–Crippen MR) is 161 cm³/mol. The summed E-state index contributed by atoms with van der Waals surface area (Å²) in [6.07, 6.45) is 1.38. The minimum Gasteiger partial charge on any atom is -0.460 e. The summed E-state index contributed by atoms with van der Waals surface area (Å²) >= 11 is 0. The van der Waals surface area contributed by atoms with E-state index >= 15 is 0 Å². The minimum absolute atomic E-state index is 0.0700. The van der Waals surface area contributed by atoms with Gasteiger partial charge in [-0.25, -0.2) is 14.4 Å². The van der Waals surface area contributed by atoms with Crippen molar-refractivity contribution in [2.45, 2.75) is 71.1 Å². The Morgan fingerprint density at radius 3 is 2.26 bits per heavy atom. The molecule has 0 radical (unpaired) electrons. The topological polar surface area (TPSA) is 98.5 Å². The summed E-state index contributed by atoms with van der Waals surface area (Å²) in [5.74, 6) is -0.165. The van der Waals surface area contributed by atoms with E-state index in [4.69, 9.17) is 18.6 Å². The van der Waals surface area contributed by atoms with Crippen LogP contribution in [0, 0.1) is 0 Å². The molecule has 2 aliphatic rings. The molecular weight excluding hydrogens is 548 g/mol. The van der Waals surface area contributed by atoms with Gasteiger partial charge in [-0.3, -0.25) is 4.90 Å². The highest BCUT2D eigenvalue weighted by atomic mass is 16.6. The van der Waals surface area contributed by atoms with E-state index in [1.54, 1.807) is 28.9 Å². The van der Waals surface area contributed by atoms with Crippen LogP contribution in [0.25, 0.3) is 11.1 Å². The largest absolute Gasteiger partial charge is 0.460 e. The Morgan fingerprint density at radius 2 is 1.60 bits per heavy atom. The predicted octanol–water partition coefficient (Wildman–Crippen LogP) is 7.00. The number of ether oxygens (including phenoxy) is 3. The van der Waals surface area contributed by atoms with Gasteiger partial charge in [-0.15, -0.1) is 0 Å². The van der Waals surface area contributed by atoms with Crippen LogP contribution < -0.4 is 0 Å². The lowest BCUT2D eigenvalue weighted by Gasteiger charge is -2.33. The molecule has 2 heterocycles. The molecule has 9 nitrogen and oxygen atoms in total. The lowest BCUT2D eigenvalue weighted by molar-refractivity contribution is 0.0182. The molecule has 0 spiro atoms.